The number of nitrogens with zero attached hydrogens (tertiary/aromatic N) is 1. The zero-order valence-electron chi connectivity index (χ0n) is 27.5. The summed E-state index contributed by atoms with van der Waals surface area (Å²) < 4.78 is 33.4. The molecule has 0 bridgehead atoms. The molecule has 2 saturated carbocycles. The van der Waals surface area contributed by atoms with Crippen molar-refractivity contribution in [2.75, 3.05) is 6.54 Å². The topological polar surface area (TPSA) is 151 Å². The van der Waals surface area contributed by atoms with Crippen LogP contribution >= 0.6 is 0 Å². The van der Waals surface area contributed by atoms with E-state index in [1.165, 1.54) is 4.90 Å². The van der Waals surface area contributed by atoms with E-state index in [0.29, 0.717) is 64.3 Å². The lowest BCUT2D eigenvalue weighted by Gasteiger charge is -2.36. The first-order valence-electron chi connectivity index (χ1n) is 15.7. The maximum absolute atomic E-state index is 13.8. The monoisotopic (exact) mass is 636 g/mol. The Morgan fingerprint density at radius 1 is 1.11 bits per heavy atom. The Morgan fingerprint density at radius 3 is 2.25 bits per heavy atom. The van der Waals surface area contributed by atoms with Crippen molar-refractivity contribution in [3.05, 3.63) is 24.9 Å². The fraction of sp³-hybridized carbons (Fsp3) is 0.750. The van der Waals surface area contributed by atoms with Gasteiger partial charge in [-0.2, -0.15) is 0 Å². The van der Waals surface area contributed by atoms with Gasteiger partial charge in [0.25, 0.3) is 0 Å². The maximum atomic E-state index is 13.8. The number of allylic oxidation sites excluding steroid dienone is 1. The summed E-state index contributed by atoms with van der Waals surface area (Å²) in [5.74, 6) is -1.75. The normalized spacial score (nSPS) is 24.9. The molecule has 0 aromatic heterocycles. The van der Waals surface area contributed by atoms with Crippen LogP contribution in [0.4, 0.5) is 4.79 Å². The molecule has 2 aliphatic carbocycles. The first-order chi connectivity index (χ1) is 20.2. The summed E-state index contributed by atoms with van der Waals surface area (Å²) in [7, 11) is -3.93. The largest absolute Gasteiger partial charge is 0.444 e. The van der Waals surface area contributed by atoms with Crippen molar-refractivity contribution in [2.45, 2.75) is 129 Å². The predicted octanol–water partition coefficient (Wildman–Crippen LogP) is 4.30. The molecule has 4 atom stereocenters. The number of ether oxygens (including phenoxy) is 1. The number of hydrogen-bond acceptors (Lipinski definition) is 7. The van der Waals surface area contributed by atoms with Crippen molar-refractivity contribution in [1.82, 2.24) is 20.3 Å². The average Bonchev–Trinajstić information content (AvgIpc) is 3.79. The molecular formula is C32H52N4O7S. The SMILES string of the molecule is C=CCCCC1(S(=O)(=O)NC(=O)C2(C(=C)NC(=O)C3CCCN3C(=O)C(NC(=O)OC(C)(C)C)C(C)(C)C)CC2CC)CC1. The van der Waals surface area contributed by atoms with Gasteiger partial charge in [0, 0.05) is 12.2 Å². The van der Waals surface area contributed by atoms with Gasteiger partial charge >= 0.3 is 6.09 Å². The van der Waals surface area contributed by atoms with E-state index in [2.05, 4.69) is 28.5 Å². The molecule has 3 N–H and O–H groups in total. The van der Waals surface area contributed by atoms with E-state index in [1.54, 1.807) is 26.8 Å². The van der Waals surface area contributed by atoms with Crippen LogP contribution in [0.5, 0.6) is 0 Å². The molecule has 0 spiro atoms. The van der Waals surface area contributed by atoms with Gasteiger partial charge in [-0.05, 0) is 83.5 Å². The molecule has 248 valence electrons. The van der Waals surface area contributed by atoms with Crippen LogP contribution in [0.2, 0.25) is 0 Å². The summed E-state index contributed by atoms with van der Waals surface area (Å²) in [6.45, 7) is 20.6. The molecule has 0 aromatic rings. The molecule has 1 saturated heterocycles. The van der Waals surface area contributed by atoms with Gasteiger partial charge in [0.15, 0.2) is 0 Å². The zero-order valence-corrected chi connectivity index (χ0v) is 28.3. The lowest BCUT2D eigenvalue weighted by Crippen LogP contribution is -2.58. The molecule has 0 aromatic carbocycles. The van der Waals surface area contributed by atoms with Crippen LogP contribution in [0.3, 0.4) is 0 Å². The Hall–Kier alpha value is -2.89. The maximum Gasteiger partial charge on any atom is 0.408 e. The Kier molecular flexibility index (Phi) is 10.4. The number of alkyl carbamates (subject to hydrolysis) is 1. The van der Waals surface area contributed by atoms with Crippen LogP contribution in [-0.4, -0.2) is 66.1 Å². The molecule has 4 unspecified atom stereocenters. The molecule has 3 rings (SSSR count). The summed E-state index contributed by atoms with van der Waals surface area (Å²) in [6, 6.07) is -1.79. The van der Waals surface area contributed by atoms with Crippen LogP contribution in [0.15, 0.2) is 24.9 Å². The van der Waals surface area contributed by atoms with E-state index >= 15 is 0 Å². The van der Waals surface area contributed by atoms with Crippen molar-refractivity contribution in [3.63, 3.8) is 0 Å². The van der Waals surface area contributed by atoms with Gasteiger partial charge < -0.3 is 20.3 Å². The van der Waals surface area contributed by atoms with E-state index in [-0.39, 0.29) is 11.6 Å². The van der Waals surface area contributed by atoms with E-state index in [4.69, 9.17) is 4.74 Å². The van der Waals surface area contributed by atoms with Gasteiger partial charge in [-0.15, -0.1) is 6.58 Å². The minimum Gasteiger partial charge on any atom is -0.444 e. The number of hydrogen-bond donors (Lipinski definition) is 3. The Labute approximate surface area is 263 Å². The first-order valence-corrected chi connectivity index (χ1v) is 17.2. The molecule has 3 fully saturated rings. The van der Waals surface area contributed by atoms with Crippen LogP contribution in [0.1, 0.15) is 106 Å². The van der Waals surface area contributed by atoms with Crippen molar-refractivity contribution >= 4 is 33.8 Å². The lowest BCUT2D eigenvalue weighted by molar-refractivity contribution is -0.142. The van der Waals surface area contributed by atoms with E-state index in [9.17, 15) is 27.6 Å². The Balaban J connectivity index is 1.73. The van der Waals surface area contributed by atoms with Crippen molar-refractivity contribution in [3.8, 4) is 0 Å². The van der Waals surface area contributed by atoms with Gasteiger partial charge in [0.05, 0.1) is 10.2 Å². The summed E-state index contributed by atoms with van der Waals surface area (Å²) in [6.07, 6.45) is 5.78. The van der Waals surface area contributed by atoms with Crippen molar-refractivity contribution in [1.29, 1.82) is 0 Å². The molecule has 11 nitrogen and oxygen atoms in total. The highest BCUT2D eigenvalue weighted by Crippen LogP contribution is 2.59. The minimum atomic E-state index is -3.93. The van der Waals surface area contributed by atoms with E-state index in [0.717, 1.165) is 0 Å². The van der Waals surface area contributed by atoms with E-state index < -0.39 is 67.1 Å². The second-order valence-corrected chi connectivity index (χ2v) is 16.8. The molecule has 3 aliphatic rings. The zero-order chi connectivity index (χ0) is 33.3. The fourth-order valence-electron chi connectivity index (χ4n) is 6.18. The molecule has 1 heterocycles. The van der Waals surface area contributed by atoms with Crippen molar-refractivity contribution < 1.29 is 32.3 Å². The van der Waals surface area contributed by atoms with Gasteiger partial charge in [-0.3, -0.25) is 19.1 Å². The van der Waals surface area contributed by atoms with Crippen LogP contribution in [0, 0.1) is 16.7 Å². The fourth-order valence-corrected chi connectivity index (χ4v) is 7.87. The Morgan fingerprint density at radius 2 is 1.75 bits per heavy atom. The van der Waals surface area contributed by atoms with Gasteiger partial charge in [-0.25, -0.2) is 13.2 Å². The summed E-state index contributed by atoms with van der Waals surface area (Å²) in [4.78, 5) is 55.0. The Bertz CT molecular complexity index is 1280. The number of nitrogens with one attached hydrogen (secondary N) is 3. The highest BCUT2D eigenvalue weighted by molar-refractivity contribution is 7.91. The molecule has 44 heavy (non-hydrogen) atoms. The molecular weight excluding hydrogens is 584 g/mol. The minimum absolute atomic E-state index is 0.136. The highest BCUT2D eigenvalue weighted by atomic mass is 32.2. The molecule has 4 amide bonds. The second kappa shape index (κ2) is 12.8. The lowest BCUT2D eigenvalue weighted by atomic mass is 9.85. The third kappa shape index (κ3) is 7.66. The molecule has 1 aliphatic heterocycles. The molecule has 0 radical (unpaired) electrons. The summed E-state index contributed by atoms with van der Waals surface area (Å²) in [5, 5.41) is 5.47. The summed E-state index contributed by atoms with van der Waals surface area (Å²) in [5.41, 5.74) is -2.54. The number of carbonyl (C=O) groups excluding carboxylic acids is 4. The third-order valence-electron chi connectivity index (χ3n) is 9.07. The van der Waals surface area contributed by atoms with Crippen molar-refractivity contribution in [2.24, 2.45) is 16.7 Å². The number of likely N-dealkylation sites (tertiary alicyclic amines) is 1. The number of rotatable bonds is 13. The van der Waals surface area contributed by atoms with Crippen LogP contribution < -0.4 is 15.4 Å². The highest BCUT2D eigenvalue weighted by Gasteiger charge is 2.64. The first kappa shape index (κ1) is 35.6. The van der Waals surface area contributed by atoms with Gasteiger partial charge in [-0.1, -0.05) is 46.8 Å². The molecule has 12 heteroatoms. The second-order valence-electron chi connectivity index (χ2n) is 14.7. The number of sulfonamides is 1. The number of amides is 4. The van der Waals surface area contributed by atoms with Crippen LogP contribution in [-0.2, 0) is 29.1 Å². The third-order valence-corrected chi connectivity index (χ3v) is 11.3. The smallest absolute Gasteiger partial charge is 0.408 e. The van der Waals surface area contributed by atoms with E-state index in [1.807, 2.05) is 27.7 Å². The number of carbonyl (C=O) groups is 4. The quantitative estimate of drug-likeness (QED) is 0.201. The van der Waals surface area contributed by atoms with Crippen LogP contribution in [0.25, 0.3) is 0 Å². The predicted molar refractivity (Wildman–Crippen MR) is 169 cm³/mol. The van der Waals surface area contributed by atoms with Gasteiger partial charge in [0.2, 0.25) is 27.7 Å². The standard InChI is InChI=1S/C32H52N4O7S/c1-10-12-13-16-31(17-18-31)44(41,42)35-27(39)32(20-22(32)11-2)21(3)33-25(37)23-15-14-19-36(23)26(38)24(29(4,5)6)34-28(40)43-30(7,8)9/h10,22-24H,1,3,11-20H2,2,4-9H3,(H,33,37)(H,34,40)(H,35,39). The number of unbranched alkanes of at least 4 members (excludes halogenated alkanes) is 1. The average molecular weight is 637 g/mol. The van der Waals surface area contributed by atoms with Gasteiger partial charge in [0.1, 0.15) is 17.7 Å². The summed E-state index contributed by atoms with van der Waals surface area (Å²) >= 11 is 0.